The highest BCUT2D eigenvalue weighted by atomic mass is 35.5. The molecular formula is C24H17ClFN3O3. The normalized spacial score (nSPS) is 13.5. The maximum absolute atomic E-state index is 13.2. The third-order valence-corrected chi connectivity index (χ3v) is 5.31. The van der Waals surface area contributed by atoms with Gasteiger partial charge in [0, 0.05) is 24.0 Å². The van der Waals surface area contributed by atoms with Crippen LogP contribution in [0.2, 0.25) is 0 Å². The predicted molar refractivity (Wildman–Crippen MR) is 121 cm³/mol. The van der Waals surface area contributed by atoms with Gasteiger partial charge < -0.3 is 10.2 Å². The summed E-state index contributed by atoms with van der Waals surface area (Å²) >= 11 is 6.11. The highest BCUT2D eigenvalue weighted by Gasteiger charge is 2.38. The number of rotatable bonds is 5. The number of anilines is 3. The van der Waals surface area contributed by atoms with Crippen molar-refractivity contribution in [2.75, 3.05) is 22.2 Å². The van der Waals surface area contributed by atoms with Gasteiger partial charge >= 0.3 is 0 Å². The number of benzene rings is 3. The van der Waals surface area contributed by atoms with Crippen molar-refractivity contribution in [3.8, 4) is 0 Å². The number of halogens is 2. The van der Waals surface area contributed by atoms with E-state index in [0.29, 0.717) is 11.3 Å². The summed E-state index contributed by atoms with van der Waals surface area (Å²) in [6.45, 7) is 0. The quantitative estimate of drug-likeness (QED) is 0.581. The average Bonchev–Trinajstić information content (AvgIpc) is 3.03. The second-order valence-electron chi connectivity index (χ2n) is 7.01. The fourth-order valence-corrected chi connectivity index (χ4v) is 3.45. The monoisotopic (exact) mass is 449 g/mol. The summed E-state index contributed by atoms with van der Waals surface area (Å²) in [5.41, 5.74) is 1.79. The van der Waals surface area contributed by atoms with Gasteiger partial charge in [-0.25, -0.2) is 9.29 Å². The van der Waals surface area contributed by atoms with Gasteiger partial charge in [0.15, 0.2) is 0 Å². The van der Waals surface area contributed by atoms with Crippen molar-refractivity contribution in [2.24, 2.45) is 0 Å². The lowest BCUT2D eigenvalue weighted by atomic mass is 10.1. The second-order valence-corrected chi connectivity index (χ2v) is 7.39. The molecule has 0 spiro atoms. The van der Waals surface area contributed by atoms with E-state index in [0.717, 1.165) is 22.7 Å². The molecule has 0 bridgehead atoms. The summed E-state index contributed by atoms with van der Waals surface area (Å²) in [6, 6.07) is 20.6. The first-order valence-corrected chi connectivity index (χ1v) is 9.99. The lowest BCUT2D eigenvalue weighted by Crippen LogP contribution is -2.32. The van der Waals surface area contributed by atoms with E-state index >= 15 is 0 Å². The molecule has 32 heavy (non-hydrogen) atoms. The first-order valence-electron chi connectivity index (χ1n) is 9.61. The van der Waals surface area contributed by atoms with Crippen LogP contribution in [0.3, 0.4) is 0 Å². The summed E-state index contributed by atoms with van der Waals surface area (Å²) in [5, 5.41) is 2.57. The molecule has 0 atom stereocenters. The average molecular weight is 450 g/mol. The van der Waals surface area contributed by atoms with Gasteiger partial charge in [-0.15, -0.1) is 0 Å². The maximum Gasteiger partial charge on any atom is 0.283 e. The number of hydrogen-bond acceptors (Lipinski definition) is 4. The Kier molecular flexibility index (Phi) is 5.75. The highest BCUT2D eigenvalue weighted by Crippen LogP contribution is 2.30. The molecule has 1 aliphatic heterocycles. The largest absolute Gasteiger partial charge is 0.350 e. The molecule has 0 aliphatic carbocycles. The number of carbonyl (C=O) groups is 3. The van der Waals surface area contributed by atoms with Crippen LogP contribution in [0.4, 0.5) is 21.5 Å². The van der Waals surface area contributed by atoms with Crippen LogP contribution >= 0.6 is 11.6 Å². The van der Waals surface area contributed by atoms with Crippen molar-refractivity contribution >= 4 is 46.4 Å². The molecule has 3 aromatic carbocycles. The molecule has 160 valence electrons. The van der Waals surface area contributed by atoms with Crippen LogP contribution in [0.5, 0.6) is 0 Å². The number of para-hydroxylation sites is 1. The number of amides is 3. The Balaban J connectivity index is 1.50. The van der Waals surface area contributed by atoms with Crippen LogP contribution in [-0.2, 0) is 9.59 Å². The lowest BCUT2D eigenvalue weighted by Gasteiger charge is -2.17. The first-order chi connectivity index (χ1) is 15.4. The lowest BCUT2D eigenvalue weighted by molar-refractivity contribution is -0.120. The molecule has 0 unspecified atom stereocenters. The fraction of sp³-hybridized carbons (Fsp3) is 0.0417. The van der Waals surface area contributed by atoms with Crippen molar-refractivity contribution < 1.29 is 18.8 Å². The molecule has 6 nitrogen and oxygen atoms in total. The van der Waals surface area contributed by atoms with Crippen LogP contribution in [0.1, 0.15) is 10.4 Å². The molecule has 0 aromatic heterocycles. The van der Waals surface area contributed by atoms with Gasteiger partial charge in [-0.2, -0.15) is 0 Å². The van der Waals surface area contributed by atoms with E-state index in [1.165, 1.54) is 17.0 Å². The Morgan fingerprint density at radius 3 is 2.16 bits per heavy atom. The Morgan fingerprint density at radius 2 is 1.53 bits per heavy atom. The van der Waals surface area contributed by atoms with Gasteiger partial charge in [0.1, 0.15) is 16.5 Å². The maximum atomic E-state index is 13.2. The number of carbonyl (C=O) groups excluding carboxylic acids is 3. The van der Waals surface area contributed by atoms with Crippen LogP contribution in [-0.4, -0.2) is 24.8 Å². The third kappa shape index (κ3) is 3.98. The predicted octanol–water partition coefficient (Wildman–Crippen LogP) is 4.54. The second kappa shape index (κ2) is 8.64. The molecule has 8 heteroatoms. The Hall–Kier alpha value is -3.97. The molecule has 1 heterocycles. The van der Waals surface area contributed by atoms with E-state index in [-0.39, 0.29) is 22.3 Å². The van der Waals surface area contributed by atoms with Crippen LogP contribution < -0.4 is 15.1 Å². The zero-order chi connectivity index (χ0) is 22.8. The third-order valence-electron chi connectivity index (χ3n) is 4.96. The van der Waals surface area contributed by atoms with Crippen LogP contribution in [0.15, 0.2) is 89.6 Å². The van der Waals surface area contributed by atoms with E-state index in [4.69, 9.17) is 11.6 Å². The molecule has 0 radical (unpaired) electrons. The molecule has 0 saturated heterocycles. The summed E-state index contributed by atoms with van der Waals surface area (Å²) in [5.74, 6) is -2.05. The minimum Gasteiger partial charge on any atom is -0.350 e. The van der Waals surface area contributed by atoms with Gasteiger partial charge in [-0.1, -0.05) is 29.8 Å². The zero-order valence-electron chi connectivity index (χ0n) is 16.9. The summed E-state index contributed by atoms with van der Waals surface area (Å²) in [4.78, 5) is 40.4. The molecule has 3 aromatic rings. The van der Waals surface area contributed by atoms with Crippen molar-refractivity contribution in [3.05, 3.63) is 101 Å². The SMILES string of the molecule is CN(C(=O)c1ccc(NC2=C(Cl)C(=O)N(c3ccc(F)cc3)C2=O)cc1)c1ccccc1. The van der Waals surface area contributed by atoms with Gasteiger partial charge in [-0.05, 0) is 60.7 Å². The van der Waals surface area contributed by atoms with E-state index in [2.05, 4.69) is 5.32 Å². The van der Waals surface area contributed by atoms with E-state index in [9.17, 15) is 18.8 Å². The van der Waals surface area contributed by atoms with Gasteiger partial charge in [0.2, 0.25) is 0 Å². The standard InChI is InChI=1S/C24H17ClFN3O3/c1-28(18-5-3-2-4-6-18)22(30)15-7-11-17(12-8-15)27-21-20(25)23(31)29(24(21)32)19-13-9-16(26)10-14-19/h2-14,27H,1H3. The smallest absolute Gasteiger partial charge is 0.283 e. The zero-order valence-corrected chi connectivity index (χ0v) is 17.6. The Bertz CT molecular complexity index is 1230. The van der Waals surface area contributed by atoms with Crippen molar-refractivity contribution in [1.82, 2.24) is 0 Å². The molecule has 0 fully saturated rings. The van der Waals surface area contributed by atoms with Crippen molar-refractivity contribution in [2.45, 2.75) is 0 Å². The van der Waals surface area contributed by atoms with E-state index in [1.54, 1.807) is 31.3 Å². The van der Waals surface area contributed by atoms with E-state index in [1.807, 2.05) is 30.3 Å². The number of imide groups is 1. The van der Waals surface area contributed by atoms with Gasteiger partial charge in [-0.3, -0.25) is 14.4 Å². The van der Waals surface area contributed by atoms with Gasteiger partial charge in [0.05, 0.1) is 5.69 Å². The molecule has 1 aliphatic rings. The molecular weight excluding hydrogens is 433 g/mol. The summed E-state index contributed by atoms with van der Waals surface area (Å²) < 4.78 is 13.2. The summed E-state index contributed by atoms with van der Waals surface area (Å²) in [7, 11) is 1.68. The van der Waals surface area contributed by atoms with Crippen LogP contribution in [0.25, 0.3) is 0 Å². The summed E-state index contributed by atoms with van der Waals surface area (Å²) in [6.07, 6.45) is 0. The van der Waals surface area contributed by atoms with E-state index < -0.39 is 17.6 Å². The fourth-order valence-electron chi connectivity index (χ4n) is 3.24. The minimum atomic E-state index is -0.706. The van der Waals surface area contributed by atoms with Crippen molar-refractivity contribution in [3.63, 3.8) is 0 Å². The molecule has 0 saturated carbocycles. The Morgan fingerprint density at radius 1 is 0.906 bits per heavy atom. The first kappa shape index (κ1) is 21.3. The highest BCUT2D eigenvalue weighted by molar-refractivity contribution is 6.53. The van der Waals surface area contributed by atoms with Gasteiger partial charge in [0.25, 0.3) is 17.7 Å². The Labute approximate surface area is 188 Å². The molecule has 3 amide bonds. The number of nitrogens with zero attached hydrogens (tertiary/aromatic N) is 2. The molecule has 1 N–H and O–H groups in total. The van der Waals surface area contributed by atoms with Crippen LogP contribution in [0, 0.1) is 5.82 Å². The number of hydrogen-bond donors (Lipinski definition) is 1. The number of nitrogens with one attached hydrogen (secondary N) is 1. The van der Waals surface area contributed by atoms with Crippen molar-refractivity contribution in [1.29, 1.82) is 0 Å². The topological polar surface area (TPSA) is 69.7 Å². The minimum absolute atomic E-state index is 0.0959. The molecule has 4 rings (SSSR count).